The van der Waals surface area contributed by atoms with Crippen molar-refractivity contribution in [3.63, 3.8) is 0 Å². The summed E-state index contributed by atoms with van der Waals surface area (Å²) in [4.78, 5) is 25.5. The molecule has 1 N–H and O–H groups in total. The third-order valence-electron chi connectivity index (χ3n) is 3.90. The molecule has 134 valence electrons. The molecule has 3 rings (SSSR count). The quantitative estimate of drug-likeness (QED) is 0.635. The number of rotatable bonds is 6. The zero-order valence-electron chi connectivity index (χ0n) is 14.2. The SMILES string of the molecule is CCOC(=O)C(Cc1ccccc1)NC(=O)c1sc2ccccc2c1Cl. The third-order valence-corrected chi connectivity index (χ3v) is 5.57. The lowest BCUT2D eigenvalue weighted by atomic mass is 10.1. The van der Waals surface area contributed by atoms with Gasteiger partial charge in [-0.1, -0.05) is 60.1 Å². The van der Waals surface area contributed by atoms with Crippen LogP contribution in [0.25, 0.3) is 10.1 Å². The van der Waals surface area contributed by atoms with Crippen molar-refractivity contribution in [2.45, 2.75) is 19.4 Å². The Morgan fingerprint density at radius 3 is 2.50 bits per heavy atom. The molecule has 2 aromatic carbocycles. The fourth-order valence-corrected chi connectivity index (χ4v) is 4.09. The number of benzene rings is 2. The molecule has 0 aliphatic carbocycles. The standard InChI is InChI=1S/C20H18ClNO3S/c1-2-25-20(24)15(12-13-8-4-3-5-9-13)22-19(23)18-17(21)14-10-6-7-11-16(14)26-18/h3-11,15H,2,12H2,1H3,(H,22,23). The summed E-state index contributed by atoms with van der Waals surface area (Å²) in [5.41, 5.74) is 0.938. The minimum Gasteiger partial charge on any atom is -0.464 e. The van der Waals surface area contributed by atoms with Crippen LogP contribution in [0.5, 0.6) is 0 Å². The maximum atomic E-state index is 12.8. The third kappa shape index (κ3) is 4.06. The van der Waals surface area contributed by atoms with Gasteiger partial charge in [0.25, 0.3) is 5.91 Å². The number of carbonyl (C=O) groups excluding carboxylic acids is 2. The van der Waals surface area contributed by atoms with Gasteiger partial charge in [0.15, 0.2) is 0 Å². The summed E-state index contributed by atoms with van der Waals surface area (Å²) in [5, 5.41) is 4.02. The number of halogens is 1. The highest BCUT2D eigenvalue weighted by molar-refractivity contribution is 7.21. The van der Waals surface area contributed by atoms with Gasteiger partial charge in [0.05, 0.1) is 11.6 Å². The van der Waals surface area contributed by atoms with Crippen molar-refractivity contribution in [1.82, 2.24) is 5.32 Å². The molecular formula is C20H18ClNO3S. The number of esters is 1. The molecule has 0 spiro atoms. The van der Waals surface area contributed by atoms with E-state index in [-0.39, 0.29) is 12.5 Å². The smallest absolute Gasteiger partial charge is 0.328 e. The summed E-state index contributed by atoms with van der Waals surface area (Å²) in [6.07, 6.45) is 0.355. The van der Waals surface area contributed by atoms with Crippen LogP contribution in [0.4, 0.5) is 0 Å². The van der Waals surface area contributed by atoms with Crippen LogP contribution in [-0.4, -0.2) is 24.5 Å². The van der Waals surface area contributed by atoms with Gasteiger partial charge in [-0.3, -0.25) is 4.79 Å². The number of thiophene rings is 1. The lowest BCUT2D eigenvalue weighted by molar-refractivity contribution is -0.145. The van der Waals surface area contributed by atoms with Crippen LogP contribution in [0.3, 0.4) is 0 Å². The fourth-order valence-electron chi connectivity index (χ4n) is 2.67. The van der Waals surface area contributed by atoms with E-state index in [2.05, 4.69) is 5.32 Å². The second-order valence-electron chi connectivity index (χ2n) is 5.71. The van der Waals surface area contributed by atoms with Crippen molar-refractivity contribution in [3.8, 4) is 0 Å². The van der Waals surface area contributed by atoms with E-state index in [1.165, 1.54) is 11.3 Å². The molecule has 4 nitrogen and oxygen atoms in total. The Morgan fingerprint density at radius 2 is 1.81 bits per heavy atom. The van der Waals surface area contributed by atoms with E-state index in [0.717, 1.165) is 15.6 Å². The Kier molecular flexibility index (Phi) is 5.91. The second-order valence-corrected chi connectivity index (χ2v) is 7.14. The summed E-state index contributed by atoms with van der Waals surface area (Å²) in [7, 11) is 0. The summed E-state index contributed by atoms with van der Waals surface area (Å²) < 4.78 is 6.05. The minimum absolute atomic E-state index is 0.254. The van der Waals surface area contributed by atoms with Gasteiger partial charge in [-0.15, -0.1) is 11.3 Å². The Bertz CT molecular complexity index is 923. The summed E-state index contributed by atoms with van der Waals surface area (Å²) >= 11 is 7.68. The Balaban J connectivity index is 1.83. The van der Waals surface area contributed by atoms with E-state index in [1.54, 1.807) is 6.92 Å². The first kappa shape index (κ1) is 18.4. The van der Waals surface area contributed by atoms with Gasteiger partial charge in [0.1, 0.15) is 10.9 Å². The molecule has 0 radical (unpaired) electrons. The molecule has 3 aromatic rings. The molecule has 0 fully saturated rings. The van der Waals surface area contributed by atoms with Crippen molar-refractivity contribution in [2.24, 2.45) is 0 Å². The van der Waals surface area contributed by atoms with Gasteiger partial charge >= 0.3 is 5.97 Å². The van der Waals surface area contributed by atoms with Crippen molar-refractivity contribution in [3.05, 3.63) is 70.1 Å². The lowest BCUT2D eigenvalue weighted by Gasteiger charge is -2.17. The number of hydrogen-bond acceptors (Lipinski definition) is 4. The minimum atomic E-state index is -0.772. The van der Waals surface area contributed by atoms with Crippen LogP contribution in [0.2, 0.25) is 5.02 Å². The van der Waals surface area contributed by atoms with Gasteiger partial charge in [-0.05, 0) is 18.6 Å². The van der Waals surface area contributed by atoms with E-state index in [9.17, 15) is 9.59 Å². The van der Waals surface area contributed by atoms with E-state index >= 15 is 0 Å². The number of hydrogen-bond donors (Lipinski definition) is 1. The highest BCUT2D eigenvalue weighted by Gasteiger charge is 2.25. The summed E-state index contributed by atoms with van der Waals surface area (Å²) in [6.45, 7) is 1.99. The van der Waals surface area contributed by atoms with E-state index < -0.39 is 12.0 Å². The maximum Gasteiger partial charge on any atom is 0.328 e. The molecule has 0 bridgehead atoms. The normalized spacial score (nSPS) is 11.9. The van der Waals surface area contributed by atoms with Crippen molar-refractivity contribution < 1.29 is 14.3 Å². The van der Waals surface area contributed by atoms with E-state index in [1.807, 2.05) is 54.6 Å². The molecular weight excluding hydrogens is 370 g/mol. The number of nitrogens with one attached hydrogen (secondary N) is 1. The van der Waals surface area contributed by atoms with Gasteiger partial charge in [-0.2, -0.15) is 0 Å². The van der Waals surface area contributed by atoms with Crippen LogP contribution >= 0.6 is 22.9 Å². The van der Waals surface area contributed by atoms with Crippen LogP contribution in [0, 0.1) is 0 Å². The molecule has 1 unspecified atom stereocenters. The largest absolute Gasteiger partial charge is 0.464 e. The maximum absolute atomic E-state index is 12.8. The Morgan fingerprint density at radius 1 is 1.12 bits per heavy atom. The van der Waals surface area contributed by atoms with Crippen molar-refractivity contribution in [1.29, 1.82) is 0 Å². The first-order chi connectivity index (χ1) is 12.6. The molecule has 1 amide bonds. The average molecular weight is 388 g/mol. The summed E-state index contributed by atoms with van der Waals surface area (Å²) in [5.74, 6) is -0.827. The molecule has 1 atom stereocenters. The average Bonchev–Trinajstić information content (AvgIpc) is 2.99. The van der Waals surface area contributed by atoms with Gasteiger partial charge in [0, 0.05) is 16.5 Å². The first-order valence-corrected chi connectivity index (χ1v) is 9.48. The zero-order chi connectivity index (χ0) is 18.5. The number of fused-ring (bicyclic) bond motifs is 1. The van der Waals surface area contributed by atoms with Gasteiger partial charge < -0.3 is 10.1 Å². The predicted molar refractivity (Wildman–Crippen MR) is 105 cm³/mol. The van der Waals surface area contributed by atoms with Gasteiger partial charge in [0.2, 0.25) is 0 Å². The number of carbonyl (C=O) groups is 2. The fraction of sp³-hybridized carbons (Fsp3) is 0.200. The van der Waals surface area contributed by atoms with Crippen LogP contribution < -0.4 is 5.32 Å². The molecule has 6 heteroatoms. The molecule has 1 aromatic heterocycles. The van der Waals surface area contributed by atoms with Crippen molar-refractivity contribution >= 4 is 44.9 Å². The van der Waals surface area contributed by atoms with Crippen LogP contribution in [-0.2, 0) is 16.0 Å². The summed E-state index contributed by atoms with van der Waals surface area (Å²) in [6, 6.07) is 16.3. The highest BCUT2D eigenvalue weighted by Crippen LogP contribution is 2.35. The highest BCUT2D eigenvalue weighted by atomic mass is 35.5. The first-order valence-electron chi connectivity index (χ1n) is 8.28. The van der Waals surface area contributed by atoms with Crippen molar-refractivity contribution in [2.75, 3.05) is 6.61 Å². The molecule has 0 aliphatic heterocycles. The molecule has 26 heavy (non-hydrogen) atoms. The second kappa shape index (κ2) is 8.34. The molecule has 0 saturated carbocycles. The number of ether oxygens (including phenoxy) is 1. The van der Waals surface area contributed by atoms with Crippen LogP contribution in [0.1, 0.15) is 22.2 Å². The van der Waals surface area contributed by atoms with Gasteiger partial charge in [-0.25, -0.2) is 4.79 Å². The molecule has 0 saturated heterocycles. The molecule has 0 aliphatic rings. The number of amides is 1. The topological polar surface area (TPSA) is 55.4 Å². The van der Waals surface area contributed by atoms with E-state index in [0.29, 0.717) is 16.3 Å². The monoisotopic (exact) mass is 387 g/mol. The Hall–Kier alpha value is -2.37. The zero-order valence-corrected chi connectivity index (χ0v) is 15.8. The van der Waals surface area contributed by atoms with E-state index in [4.69, 9.17) is 16.3 Å². The van der Waals surface area contributed by atoms with Crippen LogP contribution in [0.15, 0.2) is 54.6 Å². The molecule has 1 heterocycles. The Labute approximate surface area is 160 Å². The predicted octanol–water partition coefficient (Wildman–Crippen LogP) is 4.46. The lowest BCUT2D eigenvalue weighted by Crippen LogP contribution is -2.43.